The van der Waals surface area contributed by atoms with E-state index >= 15 is 0 Å². The van der Waals surface area contributed by atoms with Crippen molar-refractivity contribution in [2.24, 2.45) is 0 Å². The van der Waals surface area contributed by atoms with Gasteiger partial charge in [0.2, 0.25) is 6.79 Å². The quantitative estimate of drug-likeness (QED) is 0.257. The van der Waals surface area contributed by atoms with Crippen molar-refractivity contribution < 1.29 is 28.9 Å². The first kappa shape index (κ1) is 25.4. The fraction of sp³-hybridized carbons (Fsp3) is 0.290. The van der Waals surface area contributed by atoms with Crippen LogP contribution >= 0.6 is 0 Å². The minimum Gasteiger partial charge on any atom is -0.507 e. The molecule has 5 rings (SSSR count). The van der Waals surface area contributed by atoms with Crippen molar-refractivity contribution in [2.45, 2.75) is 45.7 Å². The van der Waals surface area contributed by atoms with Crippen LogP contribution in [-0.2, 0) is 21.5 Å². The highest BCUT2D eigenvalue weighted by molar-refractivity contribution is 6.46. The standard InChI is InChI=1S/C31H31NO6/c1-5-36-23-13-6-19(7-14-23)17-32-27(20-8-11-22(12-9-20)31(2,3)4)26(29(34)30(32)35)28(33)21-10-15-24-25(16-21)38-18-37-24/h6-16,27,33H,5,17-18H2,1-4H3/b28-26-. The van der Waals surface area contributed by atoms with Gasteiger partial charge in [-0.3, -0.25) is 9.59 Å². The molecule has 3 aromatic carbocycles. The second-order valence-electron chi connectivity index (χ2n) is 10.4. The van der Waals surface area contributed by atoms with E-state index in [0.717, 1.165) is 22.4 Å². The number of carbonyl (C=O) groups is 2. The second kappa shape index (κ2) is 9.89. The summed E-state index contributed by atoms with van der Waals surface area (Å²) in [6.07, 6.45) is 0. The molecule has 7 nitrogen and oxygen atoms in total. The molecular formula is C31H31NO6. The molecule has 0 saturated carbocycles. The average molecular weight is 514 g/mol. The van der Waals surface area contributed by atoms with E-state index in [9.17, 15) is 14.7 Å². The van der Waals surface area contributed by atoms with E-state index in [1.807, 2.05) is 55.5 Å². The molecule has 2 heterocycles. The zero-order valence-corrected chi connectivity index (χ0v) is 22.0. The van der Waals surface area contributed by atoms with Gasteiger partial charge in [-0.25, -0.2) is 0 Å². The van der Waals surface area contributed by atoms with Gasteiger partial charge >= 0.3 is 0 Å². The van der Waals surface area contributed by atoms with Crippen LogP contribution in [0.3, 0.4) is 0 Å². The Morgan fingerprint density at radius 3 is 2.32 bits per heavy atom. The molecule has 0 spiro atoms. The molecule has 2 aliphatic rings. The highest BCUT2D eigenvalue weighted by atomic mass is 16.7. The highest BCUT2D eigenvalue weighted by Crippen LogP contribution is 2.42. The molecule has 0 aromatic heterocycles. The van der Waals surface area contributed by atoms with Crippen molar-refractivity contribution in [2.75, 3.05) is 13.4 Å². The van der Waals surface area contributed by atoms with Crippen LogP contribution in [0.1, 0.15) is 56.0 Å². The second-order valence-corrected chi connectivity index (χ2v) is 10.4. The molecule has 1 N–H and O–H groups in total. The Morgan fingerprint density at radius 2 is 1.66 bits per heavy atom. The summed E-state index contributed by atoms with van der Waals surface area (Å²) in [5, 5.41) is 11.4. The minimum absolute atomic E-state index is 0.0447. The molecule has 1 unspecified atom stereocenters. The van der Waals surface area contributed by atoms with Crippen molar-refractivity contribution in [3.05, 3.63) is 94.6 Å². The predicted octanol–water partition coefficient (Wildman–Crippen LogP) is 5.73. The number of rotatable bonds is 6. The van der Waals surface area contributed by atoms with Crippen LogP contribution < -0.4 is 14.2 Å². The number of benzene rings is 3. The van der Waals surface area contributed by atoms with Crippen LogP contribution in [0.4, 0.5) is 0 Å². The summed E-state index contributed by atoms with van der Waals surface area (Å²) in [6.45, 7) is 9.13. The average Bonchev–Trinajstić information content (AvgIpc) is 3.47. The Labute approximate surface area is 222 Å². The first-order valence-electron chi connectivity index (χ1n) is 12.7. The molecule has 1 saturated heterocycles. The molecule has 3 aromatic rings. The highest BCUT2D eigenvalue weighted by Gasteiger charge is 2.46. The Balaban J connectivity index is 1.59. The van der Waals surface area contributed by atoms with Gasteiger partial charge in [-0.05, 0) is 59.4 Å². The summed E-state index contributed by atoms with van der Waals surface area (Å²) in [6, 6.07) is 19.5. The van der Waals surface area contributed by atoms with Crippen LogP contribution in [0.5, 0.6) is 17.2 Å². The molecule has 2 aliphatic heterocycles. The molecule has 0 radical (unpaired) electrons. The lowest BCUT2D eigenvalue weighted by Crippen LogP contribution is -2.29. The van der Waals surface area contributed by atoms with E-state index in [0.29, 0.717) is 23.7 Å². The Morgan fingerprint density at radius 1 is 0.974 bits per heavy atom. The summed E-state index contributed by atoms with van der Waals surface area (Å²) in [5.74, 6) is 0.133. The summed E-state index contributed by atoms with van der Waals surface area (Å²) >= 11 is 0. The number of Topliss-reactive ketones (excluding diaryl/α,β-unsaturated/α-hetero) is 1. The largest absolute Gasteiger partial charge is 0.507 e. The fourth-order valence-electron chi connectivity index (χ4n) is 4.81. The number of fused-ring (bicyclic) bond motifs is 1. The van der Waals surface area contributed by atoms with Gasteiger partial charge in [-0.15, -0.1) is 0 Å². The monoisotopic (exact) mass is 513 g/mol. The van der Waals surface area contributed by atoms with Gasteiger partial charge in [0.25, 0.3) is 11.7 Å². The van der Waals surface area contributed by atoms with E-state index in [1.54, 1.807) is 18.2 Å². The molecule has 7 heteroatoms. The number of aliphatic hydroxyl groups is 1. The maximum atomic E-state index is 13.4. The predicted molar refractivity (Wildman–Crippen MR) is 143 cm³/mol. The number of amides is 1. The van der Waals surface area contributed by atoms with E-state index in [-0.39, 0.29) is 30.1 Å². The van der Waals surface area contributed by atoms with Gasteiger partial charge in [0.15, 0.2) is 11.5 Å². The Bertz CT molecular complexity index is 1400. The number of aliphatic hydroxyl groups excluding tert-OH is 1. The van der Waals surface area contributed by atoms with Crippen LogP contribution in [0.25, 0.3) is 5.76 Å². The molecule has 1 fully saturated rings. The van der Waals surface area contributed by atoms with Gasteiger partial charge in [0.05, 0.1) is 18.2 Å². The van der Waals surface area contributed by atoms with Crippen LogP contribution in [0, 0.1) is 0 Å². The van der Waals surface area contributed by atoms with E-state index in [4.69, 9.17) is 14.2 Å². The zero-order valence-electron chi connectivity index (χ0n) is 22.0. The van der Waals surface area contributed by atoms with E-state index < -0.39 is 17.7 Å². The maximum Gasteiger partial charge on any atom is 0.295 e. The van der Waals surface area contributed by atoms with Gasteiger partial charge in [0, 0.05) is 12.1 Å². The van der Waals surface area contributed by atoms with E-state index in [1.165, 1.54) is 4.90 Å². The minimum atomic E-state index is -0.763. The SMILES string of the molecule is CCOc1ccc(CN2C(=O)C(=O)/C(=C(\O)c3ccc4c(c3)OCO4)C2c2ccc(C(C)(C)C)cc2)cc1. The number of ketones is 1. The molecule has 1 atom stereocenters. The summed E-state index contributed by atoms with van der Waals surface area (Å²) in [5.41, 5.74) is 3.07. The number of nitrogens with zero attached hydrogens (tertiary/aromatic N) is 1. The fourth-order valence-corrected chi connectivity index (χ4v) is 4.81. The number of carbonyl (C=O) groups excluding carboxylic acids is 2. The van der Waals surface area contributed by atoms with Gasteiger partial charge in [-0.1, -0.05) is 57.2 Å². The number of hydrogen-bond acceptors (Lipinski definition) is 6. The number of likely N-dealkylation sites (tertiary alicyclic amines) is 1. The molecule has 0 bridgehead atoms. The molecule has 38 heavy (non-hydrogen) atoms. The van der Waals surface area contributed by atoms with Crippen molar-refractivity contribution in [3.63, 3.8) is 0 Å². The van der Waals surface area contributed by atoms with Gasteiger partial charge in [0.1, 0.15) is 11.5 Å². The maximum absolute atomic E-state index is 13.4. The molecule has 196 valence electrons. The molecule has 1 amide bonds. The number of ether oxygens (including phenoxy) is 3. The van der Waals surface area contributed by atoms with Crippen molar-refractivity contribution in [3.8, 4) is 17.2 Å². The smallest absolute Gasteiger partial charge is 0.295 e. The molecule has 0 aliphatic carbocycles. The van der Waals surface area contributed by atoms with Crippen molar-refractivity contribution in [1.82, 2.24) is 4.90 Å². The third kappa shape index (κ3) is 4.72. The summed E-state index contributed by atoms with van der Waals surface area (Å²) in [4.78, 5) is 28.3. The Hall–Kier alpha value is -4.26. The Kier molecular flexibility index (Phi) is 6.61. The lowest BCUT2D eigenvalue weighted by atomic mass is 9.85. The van der Waals surface area contributed by atoms with Gasteiger partial charge in [-0.2, -0.15) is 0 Å². The van der Waals surface area contributed by atoms with Crippen LogP contribution in [0.2, 0.25) is 0 Å². The normalized spacial score (nSPS) is 18.2. The van der Waals surface area contributed by atoms with Crippen LogP contribution in [-0.4, -0.2) is 35.1 Å². The molecular weight excluding hydrogens is 482 g/mol. The van der Waals surface area contributed by atoms with Crippen molar-refractivity contribution in [1.29, 1.82) is 0 Å². The van der Waals surface area contributed by atoms with Crippen molar-refractivity contribution >= 4 is 17.4 Å². The van der Waals surface area contributed by atoms with Gasteiger partial charge < -0.3 is 24.2 Å². The first-order valence-corrected chi connectivity index (χ1v) is 12.7. The topological polar surface area (TPSA) is 85.3 Å². The third-order valence-electron chi connectivity index (χ3n) is 6.87. The number of hydrogen-bond donors (Lipinski definition) is 1. The first-order chi connectivity index (χ1) is 18.2. The summed E-state index contributed by atoms with van der Waals surface area (Å²) in [7, 11) is 0. The zero-order chi connectivity index (χ0) is 27.0. The lowest BCUT2D eigenvalue weighted by Gasteiger charge is -2.26. The van der Waals surface area contributed by atoms with Crippen LogP contribution in [0.15, 0.2) is 72.3 Å². The lowest BCUT2D eigenvalue weighted by molar-refractivity contribution is -0.140. The van der Waals surface area contributed by atoms with E-state index in [2.05, 4.69) is 20.8 Å². The summed E-state index contributed by atoms with van der Waals surface area (Å²) < 4.78 is 16.4. The third-order valence-corrected chi connectivity index (χ3v) is 6.87.